The Morgan fingerprint density at radius 1 is 1.11 bits per heavy atom. The summed E-state index contributed by atoms with van der Waals surface area (Å²) >= 11 is 4.54. The highest BCUT2D eigenvalue weighted by molar-refractivity contribution is 7.78. The van der Waals surface area contributed by atoms with Crippen molar-refractivity contribution in [1.82, 2.24) is 24.3 Å². The third kappa shape index (κ3) is 5.99. The largest absolute Gasteiger partial charge is 0.352 e. The van der Waals surface area contributed by atoms with Gasteiger partial charge in [0.2, 0.25) is 5.91 Å². The van der Waals surface area contributed by atoms with E-state index in [0.717, 1.165) is 65.1 Å². The van der Waals surface area contributed by atoms with E-state index in [0.29, 0.717) is 6.42 Å². The van der Waals surface area contributed by atoms with Gasteiger partial charge in [-0.25, -0.2) is 4.79 Å². The molecule has 2 fully saturated rings. The standard InChI is InChI=1S/C19H37N5O2S.2H2/c1-16(2)20-17(25)19(3,8-11-22-14-12-21(4)13-15-22)24(27)18(26)23-9-6-5-7-10-23;;/h16,27H,5-15H2,1-4H3,(H,20,25);2*1H. The summed E-state index contributed by atoms with van der Waals surface area (Å²) in [7, 11) is 2.13. The molecule has 0 aromatic heterocycles. The van der Waals surface area contributed by atoms with Crippen LogP contribution in [-0.4, -0.2) is 95.4 Å². The summed E-state index contributed by atoms with van der Waals surface area (Å²) in [6, 6.07) is -0.134. The first kappa shape index (κ1) is 22.3. The fourth-order valence-electron chi connectivity index (χ4n) is 3.61. The van der Waals surface area contributed by atoms with E-state index in [1.54, 1.807) is 0 Å². The lowest BCUT2D eigenvalue weighted by atomic mass is 9.95. The molecule has 0 aromatic rings. The van der Waals surface area contributed by atoms with Gasteiger partial charge in [-0.3, -0.25) is 9.10 Å². The zero-order chi connectivity index (χ0) is 20.0. The molecule has 1 atom stereocenters. The van der Waals surface area contributed by atoms with Gasteiger partial charge in [-0.1, -0.05) is 12.8 Å². The number of urea groups is 1. The van der Waals surface area contributed by atoms with Gasteiger partial charge in [0.15, 0.2) is 0 Å². The molecule has 2 aliphatic heterocycles. The van der Waals surface area contributed by atoms with Crippen molar-refractivity contribution in [3.05, 3.63) is 0 Å². The average molecular weight is 404 g/mol. The number of nitrogens with one attached hydrogen (secondary N) is 1. The summed E-state index contributed by atoms with van der Waals surface area (Å²) in [5.41, 5.74) is -0.981. The van der Waals surface area contributed by atoms with Crippen molar-refractivity contribution >= 4 is 24.8 Å². The van der Waals surface area contributed by atoms with E-state index in [4.69, 9.17) is 0 Å². The summed E-state index contributed by atoms with van der Waals surface area (Å²) in [5.74, 6) is -0.132. The summed E-state index contributed by atoms with van der Waals surface area (Å²) in [6.45, 7) is 12.0. The van der Waals surface area contributed by atoms with E-state index in [2.05, 4.69) is 35.0 Å². The van der Waals surface area contributed by atoms with Crippen molar-refractivity contribution in [3.8, 4) is 0 Å². The number of likely N-dealkylation sites (N-methyl/N-ethyl adjacent to an activating group) is 1. The van der Waals surface area contributed by atoms with Gasteiger partial charge in [0.25, 0.3) is 0 Å². The van der Waals surface area contributed by atoms with Gasteiger partial charge in [-0.05, 0) is 53.5 Å². The maximum absolute atomic E-state index is 13.0. The Kier molecular flexibility index (Phi) is 8.24. The van der Waals surface area contributed by atoms with E-state index >= 15 is 0 Å². The van der Waals surface area contributed by atoms with Crippen LogP contribution in [0.3, 0.4) is 0 Å². The number of nitrogens with zero attached hydrogens (tertiary/aromatic N) is 4. The number of thiol groups is 1. The lowest BCUT2D eigenvalue weighted by molar-refractivity contribution is -0.130. The monoisotopic (exact) mass is 403 g/mol. The van der Waals surface area contributed by atoms with E-state index in [9.17, 15) is 9.59 Å². The summed E-state index contributed by atoms with van der Waals surface area (Å²) in [4.78, 5) is 32.5. The van der Waals surface area contributed by atoms with Gasteiger partial charge in [0.1, 0.15) is 5.54 Å². The van der Waals surface area contributed by atoms with Crippen molar-refractivity contribution in [2.24, 2.45) is 0 Å². The normalized spacial score (nSPS) is 21.8. The topological polar surface area (TPSA) is 59.1 Å². The molecule has 0 bridgehead atoms. The molecule has 27 heavy (non-hydrogen) atoms. The predicted molar refractivity (Wildman–Crippen MR) is 116 cm³/mol. The van der Waals surface area contributed by atoms with E-state index in [1.807, 2.05) is 25.7 Å². The molecule has 0 aromatic carbocycles. The smallest absolute Gasteiger partial charge is 0.330 e. The van der Waals surface area contributed by atoms with Crippen LogP contribution < -0.4 is 5.32 Å². The maximum atomic E-state index is 13.0. The van der Waals surface area contributed by atoms with Crippen LogP contribution in [0.25, 0.3) is 0 Å². The minimum atomic E-state index is -0.981. The van der Waals surface area contributed by atoms with Crippen LogP contribution in [0.2, 0.25) is 0 Å². The summed E-state index contributed by atoms with van der Waals surface area (Å²) in [6.07, 6.45) is 3.76. The van der Waals surface area contributed by atoms with Crippen molar-refractivity contribution in [3.63, 3.8) is 0 Å². The van der Waals surface area contributed by atoms with Crippen molar-refractivity contribution in [1.29, 1.82) is 0 Å². The highest BCUT2D eigenvalue weighted by Gasteiger charge is 2.43. The van der Waals surface area contributed by atoms with Crippen molar-refractivity contribution < 1.29 is 12.4 Å². The molecule has 0 radical (unpaired) electrons. The first-order chi connectivity index (χ1) is 12.7. The van der Waals surface area contributed by atoms with Crippen molar-refractivity contribution in [2.45, 2.75) is 58.0 Å². The number of likely N-dealkylation sites (tertiary alicyclic amines) is 1. The van der Waals surface area contributed by atoms with Gasteiger partial charge in [-0.15, -0.1) is 0 Å². The van der Waals surface area contributed by atoms with Gasteiger partial charge in [-0.2, -0.15) is 0 Å². The number of carbonyl (C=O) groups is 2. The molecule has 0 spiro atoms. The third-order valence-electron chi connectivity index (χ3n) is 5.69. The van der Waals surface area contributed by atoms with Gasteiger partial charge in [0, 0.05) is 54.7 Å². The van der Waals surface area contributed by atoms with Gasteiger partial charge in [0.05, 0.1) is 0 Å². The van der Waals surface area contributed by atoms with Crippen LogP contribution in [0.4, 0.5) is 4.79 Å². The van der Waals surface area contributed by atoms with Crippen LogP contribution in [0.5, 0.6) is 0 Å². The maximum Gasteiger partial charge on any atom is 0.330 e. The molecule has 0 aliphatic carbocycles. The van der Waals surface area contributed by atoms with Crippen LogP contribution in [0.1, 0.15) is 49.3 Å². The van der Waals surface area contributed by atoms with E-state index < -0.39 is 5.54 Å². The van der Waals surface area contributed by atoms with E-state index in [1.165, 1.54) is 4.31 Å². The summed E-state index contributed by atoms with van der Waals surface area (Å²) < 4.78 is 1.38. The fourth-order valence-corrected chi connectivity index (χ4v) is 3.93. The van der Waals surface area contributed by atoms with Crippen LogP contribution in [0, 0.1) is 0 Å². The molecule has 8 heteroatoms. The quantitative estimate of drug-likeness (QED) is 0.667. The first-order valence-corrected chi connectivity index (χ1v) is 10.6. The fraction of sp³-hybridized carbons (Fsp3) is 0.895. The first-order valence-electron chi connectivity index (χ1n) is 10.2. The minimum absolute atomic E-state index is 0. The Bertz CT molecular complexity index is 515. The number of carbonyl (C=O) groups excluding carboxylic acids is 2. The molecule has 2 aliphatic rings. The zero-order valence-corrected chi connectivity index (χ0v) is 18.3. The molecule has 7 nitrogen and oxygen atoms in total. The van der Waals surface area contributed by atoms with Crippen molar-refractivity contribution in [2.75, 3.05) is 52.9 Å². The Morgan fingerprint density at radius 3 is 2.26 bits per heavy atom. The van der Waals surface area contributed by atoms with Crippen LogP contribution >= 0.6 is 12.8 Å². The van der Waals surface area contributed by atoms with E-state index in [-0.39, 0.29) is 20.8 Å². The second-order valence-electron chi connectivity index (χ2n) is 8.44. The number of piperidine rings is 1. The number of hydrogen-bond donors (Lipinski definition) is 2. The average Bonchev–Trinajstić information content (AvgIpc) is 2.66. The zero-order valence-electron chi connectivity index (χ0n) is 17.4. The number of hydrogen-bond acceptors (Lipinski definition) is 5. The Balaban J connectivity index is 0.00000392. The molecule has 2 rings (SSSR count). The molecule has 3 amide bonds. The third-order valence-corrected chi connectivity index (χ3v) is 6.31. The molecule has 0 saturated carbocycles. The van der Waals surface area contributed by atoms with Crippen LogP contribution in [-0.2, 0) is 4.79 Å². The SMILES string of the molecule is CC(C)NC(=O)C(C)(CCN1CCN(C)CC1)N(S)C(=O)N1CCCCC1.[HH].[HH]. The second-order valence-corrected chi connectivity index (χ2v) is 8.84. The number of amides is 3. The molecule has 2 heterocycles. The molecule has 160 valence electrons. The Labute approximate surface area is 172 Å². The molecular formula is C19H41N5O2S. The van der Waals surface area contributed by atoms with Gasteiger partial charge < -0.3 is 20.0 Å². The molecular weight excluding hydrogens is 362 g/mol. The number of rotatable bonds is 6. The highest BCUT2D eigenvalue weighted by Crippen LogP contribution is 2.26. The highest BCUT2D eigenvalue weighted by atomic mass is 32.1. The lowest BCUT2D eigenvalue weighted by Crippen LogP contribution is -2.60. The number of piperazine rings is 1. The Morgan fingerprint density at radius 2 is 1.70 bits per heavy atom. The summed E-state index contributed by atoms with van der Waals surface area (Å²) in [5, 5.41) is 2.99. The van der Waals surface area contributed by atoms with Crippen LogP contribution in [0.15, 0.2) is 0 Å². The molecule has 1 unspecified atom stereocenters. The predicted octanol–water partition coefficient (Wildman–Crippen LogP) is 2.15. The Hall–Kier alpha value is -0.990. The lowest BCUT2D eigenvalue weighted by Gasteiger charge is -2.41. The minimum Gasteiger partial charge on any atom is -0.352 e. The molecule has 2 saturated heterocycles. The molecule has 1 N–H and O–H groups in total. The van der Waals surface area contributed by atoms with Gasteiger partial charge >= 0.3 is 6.03 Å². The second kappa shape index (κ2) is 9.98.